The van der Waals surface area contributed by atoms with Gasteiger partial charge in [0.25, 0.3) is 0 Å². The summed E-state index contributed by atoms with van der Waals surface area (Å²) in [5.74, 6) is 0.745. The average Bonchev–Trinajstić information content (AvgIpc) is 3.19. The molecule has 0 radical (unpaired) electrons. The number of hydrogen-bond donors (Lipinski definition) is 1. The molecule has 1 aromatic rings. The van der Waals surface area contributed by atoms with Crippen molar-refractivity contribution in [2.24, 2.45) is 11.1 Å². The van der Waals surface area contributed by atoms with Gasteiger partial charge in [-0.1, -0.05) is 12.8 Å². The monoisotopic (exact) mass is 356 g/mol. The molecule has 1 atom stereocenters. The zero-order valence-corrected chi connectivity index (χ0v) is 15.3. The van der Waals surface area contributed by atoms with E-state index in [0.717, 1.165) is 57.6 Å². The lowest BCUT2D eigenvalue weighted by atomic mass is 9.73. The van der Waals surface area contributed by atoms with Gasteiger partial charge in [0, 0.05) is 49.3 Å². The zero-order chi connectivity index (χ0) is 18.1. The summed E-state index contributed by atoms with van der Waals surface area (Å²) in [5.41, 5.74) is 6.08. The molecular weight excluding hydrogens is 328 g/mol. The van der Waals surface area contributed by atoms with Crippen molar-refractivity contribution in [2.75, 3.05) is 24.5 Å². The van der Waals surface area contributed by atoms with E-state index in [4.69, 9.17) is 5.73 Å². The van der Waals surface area contributed by atoms with Crippen LogP contribution in [-0.4, -0.2) is 47.4 Å². The maximum Gasteiger partial charge on any atom is 0.248 e. The highest BCUT2D eigenvalue weighted by molar-refractivity contribution is 5.93. The van der Waals surface area contributed by atoms with Gasteiger partial charge in [-0.3, -0.25) is 9.59 Å². The number of pyridine rings is 1. The molecular formula is C20H28N4O2. The van der Waals surface area contributed by atoms with E-state index in [2.05, 4.69) is 14.8 Å². The number of carbonyl (C=O) groups excluding carboxylic acids is 2. The number of nitrogens with two attached hydrogens (primary N) is 1. The Morgan fingerprint density at radius 3 is 2.77 bits per heavy atom. The van der Waals surface area contributed by atoms with Gasteiger partial charge in [-0.05, 0) is 44.2 Å². The molecule has 2 saturated heterocycles. The van der Waals surface area contributed by atoms with Gasteiger partial charge < -0.3 is 15.5 Å². The number of amides is 2. The molecule has 3 heterocycles. The minimum Gasteiger partial charge on any atom is -0.366 e. The van der Waals surface area contributed by atoms with Crippen LogP contribution >= 0.6 is 0 Å². The molecule has 3 fully saturated rings. The van der Waals surface area contributed by atoms with Gasteiger partial charge in [-0.25, -0.2) is 4.98 Å². The van der Waals surface area contributed by atoms with Gasteiger partial charge in [-0.2, -0.15) is 0 Å². The number of carbonyl (C=O) groups is 2. The number of rotatable bonds is 3. The third kappa shape index (κ3) is 3.29. The highest BCUT2D eigenvalue weighted by Gasteiger charge is 2.44. The first-order valence-corrected chi connectivity index (χ1v) is 9.87. The molecule has 6 heteroatoms. The number of anilines is 1. The SMILES string of the molecule is NC(=O)c1ccnc(N2CCC[C@@]3(CCC(=O)N(C4CCCC4)C3)C2)c1. The summed E-state index contributed by atoms with van der Waals surface area (Å²) in [6.07, 6.45) is 10.4. The number of likely N-dealkylation sites (tertiary alicyclic amines) is 1. The van der Waals surface area contributed by atoms with E-state index in [1.54, 1.807) is 18.3 Å². The average molecular weight is 356 g/mol. The van der Waals surface area contributed by atoms with Crippen LogP contribution in [0.4, 0.5) is 5.82 Å². The van der Waals surface area contributed by atoms with Crippen molar-refractivity contribution in [3.63, 3.8) is 0 Å². The van der Waals surface area contributed by atoms with Gasteiger partial charge >= 0.3 is 0 Å². The predicted octanol–water partition coefficient (Wildman–Crippen LogP) is 2.33. The molecule has 1 aliphatic carbocycles. The van der Waals surface area contributed by atoms with E-state index in [0.29, 0.717) is 23.9 Å². The Balaban J connectivity index is 1.53. The van der Waals surface area contributed by atoms with Crippen LogP contribution in [0.3, 0.4) is 0 Å². The summed E-state index contributed by atoms with van der Waals surface area (Å²) in [6, 6.07) is 3.91. The summed E-state index contributed by atoms with van der Waals surface area (Å²) in [4.78, 5) is 33.0. The molecule has 0 unspecified atom stereocenters. The lowest BCUT2D eigenvalue weighted by Gasteiger charge is -2.50. The van der Waals surface area contributed by atoms with Crippen molar-refractivity contribution in [3.8, 4) is 0 Å². The minimum absolute atomic E-state index is 0.152. The number of hydrogen-bond acceptors (Lipinski definition) is 4. The normalized spacial score (nSPS) is 27.3. The van der Waals surface area contributed by atoms with Gasteiger partial charge in [-0.15, -0.1) is 0 Å². The van der Waals surface area contributed by atoms with E-state index in [9.17, 15) is 9.59 Å². The van der Waals surface area contributed by atoms with E-state index < -0.39 is 5.91 Å². The molecule has 1 aromatic heterocycles. The number of aromatic nitrogens is 1. The third-order valence-electron chi connectivity index (χ3n) is 6.48. The van der Waals surface area contributed by atoms with E-state index >= 15 is 0 Å². The second-order valence-corrected chi connectivity index (χ2v) is 8.25. The van der Waals surface area contributed by atoms with Crippen molar-refractivity contribution in [1.82, 2.24) is 9.88 Å². The molecule has 2 N–H and O–H groups in total. The van der Waals surface area contributed by atoms with Crippen LogP contribution in [0.2, 0.25) is 0 Å². The molecule has 0 bridgehead atoms. The van der Waals surface area contributed by atoms with Crippen LogP contribution in [0.5, 0.6) is 0 Å². The van der Waals surface area contributed by atoms with Crippen molar-refractivity contribution in [3.05, 3.63) is 23.9 Å². The van der Waals surface area contributed by atoms with Gasteiger partial charge in [0.05, 0.1) is 0 Å². The van der Waals surface area contributed by atoms with E-state index in [1.165, 1.54) is 12.8 Å². The first-order chi connectivity index (χ1) is 12.6. The molecule has 2 aliphatic heterocycles. The van der Waals surface area contributed by atoms with Crippen LogP contribution in [0.15, 0.2) is 18.3 Å². The minimum atomic E-state index is -0.420. The topological polar surface area (TPSA) is 79.5 Å². The molecule has 2 amide bonds. The molecule has 1 saturated carbocycles. The Bertz CT molecular complexity index is 701. The maximum absolute atomic E-state index is 12.5. The molecule has 3 aliphatic rings. The highest BCUT2D eigenvalue weighted by Crippen LogP contribution is 2.41. The Kier molecular flexibility index (Phi) is 4.59. The summed E-state index contributed by atoms with van der Waals surface area (Å²) in [6.45, 7) is 2.72. The third-order valence-corrected chi connectivity index (χ3v) is 6.48. The fraction of sp³-hybridized carbons (Fsp3) is 0.650. The van der Waals surface area contributed by atoms with Crippen LogP contribution in [0.25, 0.3) is 0 Å². The summed E-state index contributed by atoms with van der Waals surface area (Å²) in [5, 5.41) is 0. The number of piperidine rings is 2. The molecule has 26 heavy (non-hydrogen) atoms. The fourth-order valence-corrected chi connectivity index (χ4v) is 5.07. The highest BCUT2D eigenvalue weighted by atomic mass is 16.2. The molecule has 1 spiro atoms. The first kappa shape index (κ1) is 17.3. The Labute approximate surface area is 154 Å². The lowest BCUT2D eigenvalue weighted by Crippen LogP contribution is -2.56. The number of primary amides is 1. The van der Waals surface area contributed by atoms with Crippen LogP contribution < -0.4 is 10.6 Å². The van der Waals surface area contributed by atoms with Crippen molar-refractivity contribution in [1.29, 1.82) is 0 Å². The van der Waals surface area contributed by atoms with Crippen molar-refractivity contribution in [2.45, 2.75) is 57.4 Å². The molecule has 0 aromatic carbocycles. The number of nitrogens with zero attached hydrogens (tertiary/aromatic N) is 3. The largest absolute Gasteiger partial charge is 0.366 e. The lowest BCUT2D eigenvalue weighted by molar-refractivity contribution is -0.140. The second kappa shape index (κ2) is 6.89. The second-order valence-electron chi connectivity index (χ2n) is 8.25. The zero-order valence-electron chi connectivity index (χ0n) is 15.3. The Hall–Kier alpha value is -2.11. The van der Waals surface area contributed by atoms with Gasteiger partial charge in [0.1, 0.15) is 5.82 Å². The Morgan fingerprint density at radius 2 is 2.00 bits per heavy atom. The van der Waals surface area contributed by atoms with Gasteiger partial charge in [0.2, 0.25) is 11.8 Å². The molecule has 140 valence electrons. The fourth-order valence-electron chi connectivity index (χ4n) is 5.07. The van der Waals surface area contributed by atoms with E-state index in [-0.39, 0.29) is 5.41 Å². The van der Waals surface area contributed by atoms with Crippen LogP contribution in [0, 0.1) is 5.41 Å². The standard InChI is InChI=1S/C20H28N4O2/c21-19(26)15-7-10-22-17(12-15)23-11-3-8-20(13-23)9-6-18(25)24(14-20)16-4-1-2-5-16/h7,10,12,16H,1-6,8-9,11,13-14H2,(H2,21,26)/t20-/m1/s1. The maximum atomic E-state index is 12.5. The molecule has 6 nitrogen and oxygen atoms in total. The Morgan fingerprint density at radius 1 is 1.19 bits per heavy atom. The summed E-state index contributed by atoms with van der Waals surface area (Å²) < 4.78 is 0. The van der Waals surface area contributed by atoms with Crippen molar-refractivity contribution >= 4 is 17.6 Å². The van der Waals surface area contributed by atoms with Crippen LogP contribution in [-0.2, 0) is 4.79 Å². The summed E-state index contributed by atoms with van der Waals surface area (Å²) in [7, 11) is 0. The summed E-state index contributed by atoms with van der Waals surface area (Å²) >= 11 is 0. The van der Waals surface area contributed by atoms with Gasteiger partial charge in [0.15, 0.2) is 0 Å². The van der Waals surface area contributed by atoms with E-state index in [1.807, 2.05) is 0 Å². The molecule has 4 rings (SSSR count). The first-order valence-electron chi connectivity index (χ1n) is 9.87. The predicted molar refractivity (Wildman–Crippen MR) is 99.8 cm³/mol. The quantitative estimate of drug-likeness (QED) is 0.901. The smallest absolute Gasteiger partial charge is 0.248 e. The van der Waals surface area contributed by atoms with Crippen LogP contribution in [0.1, 0.15) is 61.7 Å². The van der Waals surface area contributed by atoms with Crippen molar-refractivity contribution < 1.29 is 9.59 Å².